The number of likely N-dealkylation sites (tertiary alicyclic amines) is 2. The van der Waals surface area contributed by atoms with E-state index in [2.05, 4.69) is 15.9 Å². The molecule has 2 aromatic heterocycles. The minimum atomic E-state index is -0.377. The molecule has 48 heavy (non-hydrogen) atoms. The van der Waals surface area contributed by atoms with E-state index in [0.29, 0.717) is 44.9 Å². The van der Waals surface area contributed by atoms with Gasteiger partial charge in [0.2, 0.25) is 11.8 Å². The number of nitrogens with zero attached hydrogens (tertiary/aromatic N) is 4. The van der Waals surface area contributed by atoms with Gasteiger partial charge in [-0.25, -0.2) is 14.4 Å². The van der Waals surface area contributed by atoms with E-state index in [1.54, 1.807) is 40.6 Å². The van der Waals surface area contributed by atoms with Crippen LogP contribution in [0.4, 0.5) is 4.39 Å². The zero-order valence-electron chi connectivity index (χ0n) is 27.8. The molecule has 0 saturated carbocycles. The first-order valence-corrected chi connectivity index (χ1v) is 17.1. The first-order chi connectivity index (χ1) is 23.4. The first-order valence-electron chi connectivity index (χ1n) is 16.7. The molecule has 0 bridgehead atoms. The van der Waals surface area contributed by atoms with Gasteiger partial charge in [-0.2, -0.15) is 0 Å². The molecule has 0 unspecified atom stereocenters. The van der Waals surface area contributed by atoms with Crippen molar-refractivity contribution in [3.63, 3.8) is 0 Å². The smallest absolute Gasteiger partial charge is 0.218 e. The molecular formula is C38H40ClFN4O4. The average molecular weight is 671 g/mol. The molecule has 4 aliphatic rings. The van der Waals surface area contributed by atoms with E-state index in [1.165, 1.54) is 5.56 Å². The topological polar surface area (TPSA) is 69.2 Å². The Bertz CT molecular complexity index is 1740. The van der Waals surface area contributed by atoms with E-state index in [4.69, 9.17) is 40.5 Å². The van der Waals surface area contributed by atoms with Gasteiger partial charge in [0, 0.05) is 85.9 Å². The standard InChI is InChI=1S/C38H40ClFN4O4/c1-45-23-17-43(18-23)31-13-11-21-15-29(41-37(47-3)33(21)31)27-9-5-7-25(35(27)39)26-8-6-10-28(36(26)40)30-16-22-12-14-32(34(22)38(42-30)48-4)44-19-24(20-44)46-2/h5-10,15-16,23-24,31-32H,11-14,17-20H2,1-4H3/t31-,32+/m1/s1. The van der Waals surface area contributed by atoms with Crippen LogP contribution in [0.2, 0.25) is 5.02 Å². The largest absolute Gasteiger partial charge is 0.481 e. The second-order valence-corrected chi connectivity index (χ2v) is 13.6. The van der Waals surface area contributed by atoms with Crippen molar-refractivity contribution in [2.75, 3.05) is 54.6 Å². The number of aryl methyl sites for hydroxylation is 2. The maximum atomic E-state index is 16.6. The van der Waals surface area contributed by atoms with E-state index in [1.807, 2.05) is 30.3 Å². The molecule has 0 spiro atoms. The third-order valence-electron chi connectivity index (χ3n) is 10.8. The molecule has 2 aromatic carbocycles. The number of fused-ring (bicyclic) bond motifs is 2. The molecule has 2 aliphatic heterocycles. The van der Waals surface area contributed by atoms with Crippen LogP contribution in [-0.4, -0.2) is 86.6 Å². The Morgan fingerprint density at radius 2 is 1.12 bits per heavy atom. The van der Waals surface area contributed by atoms with Crippen molar-refractivity contribution in [3.05, 3.63) is 81.6 Å². The summed E-state index contributed by atoms with van der Waals surface area (Å²) in [6.07, 6.45) is 4.35. The van der Waals surface area contributed by atoms with Crippen molar-refractivity contribution in [2.45, 2.75) is 50.0 Å². The van der Waals surface area contributed by atoms with Crippen LogP contribution in [0.15, 0.2) is 48.5 Å². The highest BCUT2D eigenvalue weighted by molar-refractivity contribution is 6.36. The van der Waals surface area contributed by atoms with Crippen molar-refractivity contribution in [3.8, 4) is 45.4 Å². The Balaban J connectivity index is 1.12. The second-order valence-electron chi connectivity index (χ2n) is 13.2. The lowest BCUT2D eigenvalue weighted by atomic mass is 9.96. The number of ether oxygens (including phenoxy) is 4. The molecule has 8 rings (SSSR count). The first kappa shape index (κ1) is 31.7. The highest BCUT2D eigenvalue weighted by Gasteiger charge is 2.40. The van der Waals surface area contributed by atoms with Crippen LogP contribution < -0.4 is 9.47 Å². The van der Waals surface area contributed by atoms with Crippen molar-refractivity contribution >= 4 is 11.6 Å². The van der Waals surface area contributed by atoms with Gasteiger partial charge in [-0.15, -0.1) is 0 Å². The minimum absolute atomic E-state index is 0.233. The summed E-state index contributed by atoms with van der Waals surface area (Å²) >= 11 is 7.13. The van der Waals surface area contributed by atoms with Gasteiger partial charge in [-0.3, -0.25) is 9.80 Å². The van der Waals surface area contributed by atoms with Crippen LogP contribution in [-0.2, 0) is 22.3 Å². The average Bonchev–Trinajstić information content (AvgIpc) is 3.68. The Morgan fingerprint density at radius 1 is 0.667 bits per heavy atom. The van der Waals surface area contributed by atoms with Gasteiger partial charge in [0.05, 0.1) is 42.8 Å². The molecule has 2 saturated heterocycles. The SMILES string of the molecule is COc1nc(-c2cccc(-c3cccc(-c4cc5c(c(OC)n4)[C@@H](N4CC(OC)C4)CC5)c3F)c2Cl)cc2c1[C@H](N1CC(OC)C1)CC2. The van der Waals surface area contributed by atoms with E-state index >= 15 is 4.39 Å². The number of rotatable bonds is 9. The summed E-state index contributed by atoms with van der Waals surface area (Å²) in [6.45, 7) is 3.60. The van der Waals surface area contributed by atoms with Gasteiger partial charge >= 0.3 is 0 Å². The predicted molar refractivity (Wildman–Crippen MR) is 183 cm³/mol. The number of pyridine rings is 2. The fourth-order valence-electron chi connectivity index (χ4n) is 8.10. The van der Waals surface area contributed by atoms with Gasteiger partial charge in [0.25, 0.3) is 0 Å². The van der Waals surface area contributed by atoms with Crippen molar-refractivity contribution in [2.24, 2.45) is 0 Å². The summed E-state index contributed by atoms with van der Waals surface area (Å²) in [5.74, 6) is 0.798. The zero-order chi connectivity index (χ0) is 33.1. The molecule has 2 aliphatic carbocycles. The summed E-state index contributed by atoms with van der Waals surface area (Å²) in [6, 6.07) is 15.7. The van der Waals surface area contributed by atoms with Crippen molar-refractivity contribution in [1.29, 1.82) is 0 Å². The summed E-state index contributed by atoms with van der Waals surface area (Å²) in [7, 11) is 6.82. The molecule has 0 N–H and O–H groups in total. The van der Waals surface area contributed by atoms with Crippen LogP contribution in [0.25, 0.3) is 33.6 Å². The lowest BCUT2D eigenvalue weighted by molar-refractivity contribution is -0.0515. The van der Waals surface area contributed by atoms with Crippen LogP contribution >= 0.6 is 11.6 Å². The number of methoxy groups -OCH3 is 4. The number of aromatic nitrogens is 2. The predicted octanol–water partition coefficient (Wildman–Crippen LogP) is 6.92. The fourth-order valence-corrected chi connectivity index (χ4v) is 8.43. The second kappa shape index (κ2) is 12.7. The minimum Gasteiger partial charge on any atom is -0.481 e. The normalized spacial score (nSPS) is 21.1. The Kier molecular flexibility index (Phi) is 8.37. The molecule has 8 nitrogen and oxygen atoms in total. The molecule has 4 aromatic rings. The van der Waals surface area contributed by atoms with E-state index in [-0.39, 0.29) is 30.1 Å². The molecular weight excluding hydrogens is 631 g/mol. The van der Waals surface area contributed by atoms with Gasteiger partial charge < -0.3 is 18.9 Å². The fraction of sp³-hybridized carbons (Fsp3) is 0.421. The molecule has 2 fully saturated rings. The van der Waals surface area contributed by atoms with Crippen molar-refractivity contribution in [1.82, 2.24) is 19.8 Å². The molecule has 0 amide bonds. The molecule has 2 atom stereocenters. The quantitative estimate of drug-likeness (QED) is 0.190. The summed E-state index contributed by atoms with van der Waals surface area (Å²) < 4.78 is 39.3. The third-order valence-corrected chi connectivity index (χ3v) is 11.2. The van der Waals surface area contributed by atoms with Gasteiger partial charge in [0.1, 0.15) is 5.82 Å². The number of hydrogen-bond acceptors (Lipinski definition) is 8. The lowest BCUT2D eigenvalue weighted by Gasteiger charge is -2.42. The van der Waals surface area contributed by atoms with Crippen LogP contribution in [0.3, 0.4) is 0 Å². The molecule has 10 heteroatoms. The van der Waals surface area contributed by atoms with E-state index in [9.17, 15) is 0 Å². The summed E-state index contributed by atoms with van der Waals surface area (Å²) in [5, 5.41) is 0.439. The number of benzene rings is 2. The zero-order valence-corrected chi connectivity index (χ0v) is 28.5. The van der Waals surface area contributed by atoms with Crippen molar-refractivity contribution < 1.29 is 23.3 Å². The van der Waals surface area contributed by atoms with Crippen LogP contribution in [0, 0.1) is 5.82 Å². The van der Waals surface area contributed by atoms with Crippen LogP contribution in [0.5, 0.6) is 11.8 Å². The summed E-state index contributed by atoms with van der Waals surface area (Å²) in [5.41, 5.74) is 8.03. The van der Waals surface area contributed by atoms with Crippen LogP contribution in [0.1, 0.15) is 47.2 Å². The Labute approximate surface area is 285 Å². The maximum Gasteiger partial charge on any atom is 0.218 e. The van der Waals surface area contributed by atoms with Gasteiger partial charge in [-0.1, -0.05) is 41.9 Å². The monoisotopic (exact) mass is 670 g/mol. The highest BCUT2D eigenvalue weighted by atomic mass is 35.5. The maximum absolute atomic E-state index is 16.6. The van der Waals surface area contributed by atoms with Gasteiger partial charge in [0.15, 0.2) is 0 Å². The summed E-state index contributed by atoms with van der Waals surface area (Å²) in [4.78, 5) is 14.6. The van der Waals surface area contributed by atoms with E-state index in [0.717, 1.165) is 74.1 Å². The molecule has 0 radical (unpaired) electrons. The highest BCUT2D eigenvalue weighted by Crippen LogP contribution is 2.47. The molecule has 250 valence electrons. The van der Waals surface area contributed by atoms with E-state index < -0.39 is 0 Å². The molecule has 4 heterocycles. The number of halogens is 2. The lowest BCUT2D eigenvalue weighted by Crippen LogP contribution is -2.52. The Morgan fingerprint density at radius 3 is 1.62 bits per heavy atom. The number of hydrogen-bond donors (Lipinski definition) is 0. The third kappa shape index (κ3) is 5.18. The van der Waals surface area contributed by atoms with Gasteiger partial charge in [-0.05, 0) is 55.0 Å². The Hall–Kier alpha value is -3.60.